The van der Waals surface area contributed by atoms with Crippen molar-refractivity contribution in [3.05, 3.63) is 65.7 Å². The summed E-state index contributed by atoms with van der Waals surface area (Å²) in [5, 5.41) is 3.38. The number of hydrogen-bond acceptors (Lipinski definition) is 3. The van der Waals surface area contributed by atoms with Crippen LogP contribution < -0.4 is 10.1 Å². The monoisotopic (exact) mass is 324 g/mol. The number of benzene rings is 2. The number of para-hydroxylation sites is 1. The van der Waals surface area contributed by atoms with E-state index in [1.165, 1.54) is 11.1 Å². The first kappa shape index (κ1) is 17.0. The molecule has 0 radical (unpaired) electrons. The van der Waals surface area contributed by atoms with Crippen molar-refractivity contribution in [2.45, 2.75) is 38.5 Å². The van der Waals surface area contributed by atoms with E-state index in [0.717, 1.165) is 38.2 Å². The standard InChI is InChI=1S/C21H28N2O/c1-3-20(22-2)19-11-7-8-12-21(19)24-18-13-14-23(16-18)15-17-9-5-4-6-10-17/h4-12,18,20,22H,3,13-16H2,1-2H3. The molecule has 2 aromatic rings. The van der Waals surface area contributed by atoms with Gasteiger partial charge >= 0.3 is 0 Å². The van der Waals surface area contributed by atoms with Gasteiger partial charge in [0, 0.05) is 31.2 Å². The quantitative estimate of drug-likeness (QED) is 0.833. The van der Waals surface area contributed by atoms with Gasteiger partial charge in [-0.25, -0.2) is 0 Å². The summed E-state index contributed by atoms with van der Waals surface area (Å²) in [6.45, 7) is 5.32. The third kappa shape index (κ3) is 4.16. The van der Waals surface area contributed by atoms with Crippen LogP contribution in [0.15, 0.2) is 54.6 Å². The minimum atomic E-state index is 0.282. The first-order chi connectivity index (χ1) is 11.8. The molecule has 1 aliphatic rings. The Labute approximate surface area is 145 Å². The van der Waals surface area contributed by atoms with Crippen molar-refractivity contribution in [1.82, 2.24) is 10.2 Å². The number of rotatable bonds is 7. The van der Waals surface area contributed by atoms with Crippen LogP contribution in [0.3, 0.4) is 0 Å². The van der Waals surface area contributed by atoms with Gasteiger partial charge in [-0.2, -0.15) is 0 Å². The largest absolute Gasteiger partial charge is 0.489 e. The molecule has 0 aliphatic carbocycles. The lowest BCUT2D eigenvalue weighted by Crippen LogP contribution is -2.25. The molecule has 0 saturated carbocycles. The van der Waals surface area contributed by atoms with E-state index in [-0.39, 0.29) is 6.10 Å². The smallest absolute Gasteiger partial charge is 0.124 e. The van der Waals surface area contributed by atoms with Crippen molar-refractivity contribution >= 4 is 0 Å². The van der Waals surface area contributed by atoms with Gasteiger partial charge in [-0.1, -0.05) is 55.5 Å². The molecule has 1 aliphatic heterocycles. The predicted octanol–water partition coefficient (Wildman–Crippen LogP) is 4.01. The number of hydrogen-bond donors (Lipinski definition) is 1. The summed E-state index contributed by atoms with van der Waals surface area (Å²) in [7, 11) is 2.02. The molecule has 1 N–H and O–H groups in total. The normalized spacial score (nSPS) is 19.3. The van der Waals surface area contributed by atoms with E-state index in [9.17, 15) is 0 Å². The van der Waals surface area contributed by atoms with Crippen LogP contribution in [0.4, 0.5) is 0 Å². The molecule has 3 heteroatoms. The maximum atomic E-state index is 6.38. The zero-order chi connectivity index (χ0) is 16.8. The molecule has 0 spiro atoms. The summed E-state index contributed by atoms with van der Waals surface area (Å²) in [6, 6.07) is 19.5. The van der Waals surface area contributed by atoms with E-state index in [4.69, 9.17) is 4.74 Å². The van der Waals surface area contributed by atoms with Crippen LogP contribution in [0.25, 0.3) is 0 Å². The molecule has 2 unspecified atom stereocenters. The molecule has 2 aromatic carbocycles. The number of ether oxygens (including phenoxy) is 1. The summed E-state index contributed by atoms with van der Waals surface area (Å²) in [6.07, 6.45) is 2.43. The van der Waals surface area contributed by atoms with Gasteiger partial charge < -0.3 is 10.1 Å². The zero-order valence-electron chi connectivity index (χ0n) is 14.7. The molecular formula is C21H28N2O. The van der Waals surface area contributed by atoms with Crippen LogP contribution in [0.2, 0.25) is 0 Å². The van der Waals surface area contributed by atoms with Crippen LogP contribution in [0, 0.1) is 0 Å². The predicted molar refractivity (Wildman–Crippen MR) is 99.3 cm³/mol. The molecule has 1 fully saturated rings. The molecule has 3 rings (SSSR count). The average molecular weight is 324 g/mol. The Kier molecular flexibility index (Phi) is 5.89. The van der Waals surface area contributed by atoms with Gasteiger partial charge in [-0.05, 0) is 31.5 Å². The Morgan fingerprint density at radius 3 is 2.62 bits per heavy atom. The summed E-state index contributed by atoms with van der Waals surface area (Å²) in [5.41, 5.74) is 2.64. The van der Waals surface area contributed by atoms with Gasteiger partial charge in [0.1, 0.15) is 11.9 Å². The zero-order valence-corrected chi connectivity index (χ0v) is 14.7. The fourth-order valence-electron chi connectivity index (χ4n) is 3.51. The topological polar surface area (TPSA) is 24.5 Å². The number of likely N-dealkylation sites (tertiary alicyclic amines) is 1. The van der Waals surface area contributed by atoms with Crippen LogP contribution >= 0.6 is 0 Å². The first-order valence-corrected chi connectivity index (χ1v) is 8.99. The maximum absolute atomic E-state index is 6.38. The van der Waals surface area contributed by atoms with Gasteiger partial charge in [-0.15, -0.1) is 0 Å². The average Bonchev–Trinajstić information content (AvgIpc) is 3.05. The fourth-order valence-corrected chi connectivity index (χ4v) is 3.51. The second-order valence-corrected chi connectivity index (χ2v) is 6.54. The third-order valence-electron chi connectivity index (χ3n) is 4.82. The summed E-state index contributed by atoms with van der Waals surface area (Å²) < 4.78 is 6.38. The Balaban J connectivity index is 1.62. The van der Waals surface area contributed by atoms with Crippen molar-refractivity contribution in [3.63, 3.8) is 0 Å². The Hall–Kier alpha value is -1.84. The Morgan fingerprint density at radius 1 is 1.12 bits per heavy atom. The van der Waals surface area contributed by atoms with E-state index in [2.05, 4.69) is 71.7 Å². The summed E-state index contributed by atoms with van der Waals surface area (Å²) in [4.78, 5) is 2.48. The Morgan fingerprint density at radius 2 is 1.88 bits per heavy atom. The SMILES string of the molecule is CCC(NC)c1ccccc1OC1CCN(Cc2ccccc2)C1. The first-order valence-electron chi connectivity index (χ1n) is 8.99. The molecule has 128 valence electrons. The fraction of sp³-hybridized carbons (Fsp3) is 0.429. The highest BCUT2D eigenvalue weighted by Gasteiger charge is 2.25. The highest BCUT2D eigenvalue weighted by molar-refractivity contribution is 5.36. The van der Waals surface area contributed by atoms with Crippen LogP contribution in [0.5, 0.6) is 5.75 Å². The lowest BCUT2D eigenvalue weighted by atomic mass is 10.0. The van der Waals surface area contributed by atoms with E-state index in [0.29, 0.717) is 6.04 Å². The molecule has 1 saturated heterocycles. The molecular weight excluding hydrogens is 296 g/mol. The van der Waals surface area contributed by atoms with Gasteiger partial charge in [0.2, 0.25) is 0 Å². The van der Waals surface area contributed by atoms with Crippen LogP contribution in [-0.4, -0.2) is 31.1 Å². The van der Waals surface area contributed by atoms with Gasteiger partial charge in [0.25, 0.3) is 0 Å². The van der Waals surface area contributed by atoms with Crippen molar-refractivity contribution < 1.29 is 4.74 Å². The van der Waals surface area contributed by atoms with Crippen molar-refractivity contribution in [2.24, 2.45) is 0 Å². The van der Waals surface area contributed by atoms with Crippen molar-refractivity contribution in [1.29, 1.82) is 0 Å². The van der Waals surface area contributed by atoms with Gasteiger partial charge in [0.05, 0.1) is 0 Å². The van der Waals surface area contributed by atoms with E-state index < -0.39 is 0 Å². The molecule has 0 aromatic heterocycles. The maximum Gasteiger partial charge on any atom is 0.124 e. The molecule has 3 nitrogen and oxygen atoms in total. The second-order valence-electron chi connectivity index (χ2n) is 6.54. The lowest BCUT2D eigenvalue weighted by Gasteiger charge is -2.22. The minimum absolute atomic E-state index is 0.282. The van der Waals surface area contributed by atoms with Crippen molar-refractivity contribution in [3.8, 4) is 5.75 Å². The van der Waals surface area contributed by atoms with Gasteiger partial charge in [-0.3, -0.25) is 4.90 Å². The molecule has 24 heavy (non-hydrogen) atoms. The molecule has 1 heterocycles. The van der Waals surface area contributed by atoms with Crippen molar-refractivity contribution in [2.75, 3.05) is 20.1 Å². The number of nitrogens with zero attached hydrogens (tertiary/aromatic N) is 1. The van der Waals surface area contributed by atoms with E-state index in [1.807, 2.05) is 7.05 Å². The minimum Gasteiger partial charge on any atom is -0.489 e. The Bertz CT molecular complexity index is 625. The van der Waals surface area contributed by atoms with Gasteiger partial charge in [0.15, 0.2) is 0 Å². The molecule has 0 amide bonds. The highest BCUT2D eigenvalue weighted by Crippen LogP contribution is 2.29. The van der Waals surface area contributed by atoms with Crippen LogP contribution in [0.1, 0.15) is 36.9 Å². The molecule has 0 bridgehead atoms. The van der Waals surface area contributed by atoms with E-state index in [1.54, 1.807) is 0 Å². The van der Waals surface area contributed by atoms with E-state index >= 15 is 0 Å². The third-order valence-corrected chi connectivity index (χ3v) is 4.82. The lowest BCUT2D eigenvalue weighted by molar-refractivity contribution is 0.195. The highest BCUT2D eigenvalue weighted by atomic mass is 16.5. The summed E-state index contributed by atoms with van der Waals surface area (Å²) >= 11 is 0. The second kappa shape index (κ2) is 8.32. The summed E-state index contributed by atoms with van der Waals surface area (Å²) in [5.74, 6) is 1.03. The molecule has 2 atom stereocenters. The van der Waals surface area contributed by atoms with Crippen LogP contribution in [-0.2, 0) is 6.54 Å². The number of nitrogens with one attached hydrogen (secondary N) is 1.